The second-order valence-electron chi connectivity index (χ2n) is 8.15. The van der Waals surface area contributed by atoms with E-state index in [1.54, 1.807) is 0 Å². The Bertz CT molecular complexity index is 376. The van der Waals surface area contributed by atoms with Gasteiger partial charge in [0.15, 0.2) is 0 Å². The molecule has 0 saturated carbocycles. The lowest BCUT2D eigenvalue weighted by atomic mass is 9.95. The molecule has 1 heterocycles. The summed E-state index contributed by atoms with van der Waals surface area (Å²) in [6.07, 6.45) is 6.62. The van der Waals surface area contributed by atoms with Crippen LogP contribution < -0.4 is 0 Å². The van der Waals surface area contributed by atoms with Crippen LogP contribution in [0.4, 0.5) is 4.79 Å². The quantitative estimate of drug-likeness (QED) is 0.526. The number of unbranched alkanes of at least 4 members (excludes halogenated alkanes) is 2. The summed E-state index contributed by atoms with van der Waals surface area (Å²) in [5.74, 6) is 0. The van der Waals surface area contributed by atoms with Crippen LogP contribution in [0.15, 0.2) is 12.7 Å². The molecule has 3 heteroatoms. The molecule has 0 N–H and O–H groups in total. The lowest BCUT2D eigenvalue weighted by Crippen LogP contribution is -2.50. The molecule has 21 heavy (non-hydrogen) atoms. The predicted molar refractivity (Wildman–Crippen MR) is 90.5 cm³/mol. The number of amides is 2. The van der Waals surface area contributed by atoms with Gasteiger partial charge < -0.3 is 9.80 Å². The van der Waals surface area contributed by atoms with E-state index in [2.05, 4.69) is 59.9 Å². The van der Waals surface area contributed by atoms with E-state index in [9.17, 15) is 4.79 Å². The Morgan fingerprint density at radius 2 is 1.57 bits per heavy atom. The molecule has 1 rings (SSSR count). The highest BCUT2D eigenvalue weighted by atomic mass is 16.2. The molecule has 1 saturated heterocycles. The fourth-order valence-electron chi connectivity index (χ4n) is 3.39. The molecular formula is C18H34N2O. The standard InChI is InChI=1S/C18H34N2O/c1-9-11-12-13-15-14(10-2)19(17(3,4)5)16(21)20(15)18(6,7)8/h10,14-15H,2,9,11-13H2,1,3-8H3/t14-,15-/m1/s1. The van der Waals surface area contributed by atoms with Gasteiger partial charge in [-0.2, -0.15) is 0 Å². The lowest BCUT2D eigenvalue weighted by molar-refractivity contribution is 0.121. The smallest absolute Gasteiger partial charge is 0.314 e. The summed E-state index contributed by atoms with van der Waals surface area (Å²) in [6.45, 7) is 18.9. The van der Waals surface area contributed by atoms with Crippen LogP contribution in [-0.4, -0.2) is 39.0 Å². The van der Waals surface area contributed by atoms with Gasteiger partial charge in [-0.1, -0.05) is 32.3 Å². The second-order valence-corrected chi connectivity index (χ2v) is 8.15. The van der Waals surface area contributed by atoms with Gasteiger partial charge in [0.1, 0.15) is 0 Å². The monoisotopic (exact) mass is 294 g/mol. The van der Waals surface area contributed by atoms with Crippen molar-refractivity contribution < 1.29 is 4.79 Å². The average molecular weight is 294 g/mol. The maximum atomic E-state index is 13.0. The van der Waals surface area contributed by atoms with Crippen LogP contribution in [0, 0.1) is 0 Å². The van der Waals surface area contributed by atoms with E-state index in [1.807, 2.05) is 11.0 Å². The van der Waals surface area contributed by atoms with Crippen molar-refractivity contribution in [3.63, 3.8) is 0 Å². The first-order chi connectivity index (χ1) is 9.55. The molecule has 0 spiro atoms. The number of carbonyl (C=O) groups excluding carboxylic acids is 1. The summed E-state index contributed by atoms with van der Waals surface area (Å²) in [4.78, 5) is 17.1. The van der Waals surface area contributed by atoms with Crippen molar-refractivity contribution in [2.45, 2.75) is 97.3 Å². The first kappa shape index (κ1) is 18.1. The molecule has 0 aromatic carbocycles. The molecule has 0 unspecified atom stereocenters. The normalized spacial score (nSPS) is 23.9. The molecule has 1 aliphatic heterocycles. The molecule has 0 bridgehead atoms. The van der Waals surface area contributed by atoms with E-state index < -0.39 is 0 Å². The third-order valence-electron chi connectivity index (χ3n) is 4.23. The Morgan fingerprint density at radius 1 is 1.05 bits per heavy atom. The minimum Gasteiger partial charge on any atom is -0.314 e. The molecule has 1 aliphatic rings. The maximum absolute atomic E-state index is 13.0. The molecule has 2 amide bonds. The van der Waals surface area contributed by atoms with Crippen molar-refractivity contribution >= 4 is 6.03 Å². The minimum atomic E-state index is -0.182. The van der Waals surface area contributed by atoms with Gasteiger partial charge in [0, 0.05) is 11.1 Å². The van der Waals surface area contributed by atoms with Crippen LogP contribution in [0.3, 0.4) is 0 Å². The zero-order valence-electron chi connectivity index (χ0n) is 15.1. The molecule has 0 radical (unpaired) electrons. The molecule has 0 aliphatic carbocycles. The number of nitrogens with zero attached hydrogens (tertiary/aromatic N) is 2. The highest BCUT2D eigenvalue weighted by molar-refractivity contribution is 5.80. The van der Waals surface area contributed by atoms with Crippen molar-refractivity contribution in [2.24, 2.45) is 0 Å². The largest absolute Gasteiger partial charge is 0.321 e. The van der Waals surface area contributed by atoms with Crippen molar-refractivity contribution in [1.82, 2.24) is 9.80 Å². The third kappa shape index (κ3) is 3.81. The van der Waals surface area contributed by atoms with Crippen molar-refractivity contribution in [2.75, 3.05) is 0 Å². The molecule has 1 fully saturated rings. The van der Waals surface area contributed by atoms with Gasteiger partial charge in [-0.15, -0.1) is 6.58 Å². The summed E-state index contributed by atoms with van der Waals surface area (Å²) < 4.78 is 0. The summed E-state index contributed by atoms with van der Waals surface area (Å²) in [5, 5.41) is 0. The summed E-state index contributed by atoms with van der Waals surface area (Å²) in [5.41, 5.74) is -0.339. The Labute approximate surface area is 131 Å². The lowest BCUT2D eigenvalue weighted by Gasteiger charge is -2.37. The number of hydrogen-bond donors (Lipinski definition) is 0. The van der Waals surface area contributed by atoms with Crippen molar-refractivity contribution in [1.29, 1.82) is 0 Å². The van der Waals surface area contributed by atoms with Gasteiger partial charge in [-0.25, -0.2) is 4.79 Å². The third-order valence-corrected chi connectivity index (χ3v) is 4.23. The Hall–Kier alpha value is -0.990. The molecule has 0 aromatic rings. The van der Waals surface area contributed by atoms with Crippen LogP contribution in [-0.2, 0) is 0 Å². The zero-order chi connectivity index (χ0) is 16.4. The minimum absolute atomic E-state index is 0.105. The zero-order valence-corrected chi connectivity index (χ0v) is 15.1. The highest BCUT2D eigenvalue weighted by Crippen LogP contribution is 2.37. The SMILES string of the molecule is C=C[C@@H]1[C@@H](CCCCC)N(C(C)(C)C)C(=O)N1C(C)(C)C. The van der Waals surface area contributed by atoms with Gasteiger partial charge in [-0.05, 0) is 48.0 Å². The van der Waals surface area contributed by atoms with Gasteiger partial charge in [0.25, 0.3) is 0 Å². The number of hydrogen-bond acceptors (Lipinski definition) is 1. The molecule has 0 aromatic heterocycles. The summed E-state index contributed by atoms with van der Waals surface area (Å²) >= 11 is 0. The fraction of sp³-hybridized carbons (Fsp3) is 0.833. The first-order valence-corrected chi connectivity index (χ1v) is 8.31. The number of carbonyl (C=O) groups is 1. The van der Waals surface area contributed by atoms with Crippen LogP contribution >= 0.6 is 0 Å². The van der Waals surface area contributed by atoms with Crippen LogP contribution in [0.1, 0.15) is 74.1 Å². The summed E-state index contributed by atoms with van der Waals surface area (Å²) in [6, 6.07) is 0.496. The number of rotatable bonds is 5. The van der Waals surface area contributed by atoms with Gasteiger partial charge in [-0.3, -0.25) is 0 Å². The molecule has 2 atom stereocenters. The van der Waals surface area contributed by atoms with E-state index in [0.29, 0.717) is 0 Å². The molecular weight excluding hydrogens is 260 g/mol. The second kappa shape index (κ2) is 6.41. The van der Waals surface area contributed by atoms with Crippen LogP contribution in [0.25, 0.3) is 0 Å². The van der Waals surface area contributed by atoms with Gasteiger partial charge >= 0.3 is 6.03 Å². The van der Waals surface area contributed by atoms with Crippen molar-refractivity contribution in [3.8, 4) is 0 Å². The highest BCUT2D eigenvalue weighted by Gasteiger charge is 2.51. The topological polar surface area (TPSA) is 23.6 Å². The fourth-order valence-corrected chi connectivity index (χ4v) is 3.39. The Morgan fingerprint density at radius 3 is 1.95 bits per heavy atom. The Balaban J connectivity index is 3.14. The first-order valence-electron chi connectivity index (χ1n) is 8.31. The Kier molecular flexibility index (Phi) is 5.51. The van der Waals surface area contributed by atoms with Crippen molar-refractivity contribution in [3.05, 3.63) is 12.7 Å². The molecule has 3 nitrogen and oxygen atoms in total. The van der Waals surface area contributed by atoms with E-state index in [1.165, 1.54) is 19.3 Å². The maximum Gasteiger partial charge on any atom is 0.321 e. The predicted octanol–water partition coefficient (Wildman–Crippen LogP) is 4.82. The van der Waals surface area contributed by atoms with Gasteiger partial charge in [0.2, 0.25) is 0 Å². The van der Waals surface area contributed by atoms with E-state index in [0.717, 1.165) is 6.42 Å². The molecule has 122 valence electrons. The van der Waals surface area contributed by atoms with E-state index in [4.69, 9.17) is 0 Å². The van der Waals surface area contributed by atoms with Crippen LogP contribution in [0.5, 0.6) is 0 Å². The van der Waals surface area contributed by atoms with Crippen LogP contribution in [0.2, 0.25) is 0 Å². The number of urea groups is 1. The summed E-state index contributed by atoms with van der Waals surface area (Å²) in [7, 11) is 0. The van der Waals surface area contributed by atoms with Gasteiger partial charge in [0.05, 0.1) is 12.1 Å². The van der Waals surface area contributed by atoms with E-state index >= 15 is 0 Å². The average Bonchev–Trinajstić information content (AvgIpc) is 2.60. The van der Waals surface area contributed by atoms with E-state index in [-0.39, 0.29) is 29.2 Å².